The van der Waals surface area contributed by atoms with Crippen LogP contribution in [-0.4, -0.2) is 63.3 Å². The minimum absolute atomic E-state index is 0.0912. The van der Waals surface area contributed by atoms with E-state index in [0.717, 1.165) is 6.42 Å². The van der Waals surface area contributed by atoms with Crippen LogP contribution in [0.25, 0.3) is 0 Å². The van der Waals surface area contributed by atoms with Gasteiger partial charge in [0.05, 0.1) is 0 Å². The van der Waals surface area contributed by atoms with Crippen molar-refractivity contribution >= 4 is 17.8 Å². The van der Waals surface area contributed by atoms with Crippen LogP contribution < -0.4 is 0 Å². The molecule has 0 spiro atoms. The molecule has 20 heavy (non-hydrogen) atoms. The molecular formula is C14H21N3O3. The summed E-state index contributed by atoms with van der Waals surface area (Å²) in [4.78, 5) is 42.1. The first-order valence-corrected chi connectivity index (χ1v) is 7.33. The zero-order valence-corrected chi connectivity index (χ0v) is 12.3. The number of rotatable bonds is 2. The van der Waals surface area contributed by atoms with Crippen LogP contribution >= 0.6 is 0 Å². The number of amides is 4. The SMILES string of the molecule is CC(C)N1CC[C@H](N2C(=O)N3CCC[C@@]3(C)C2=O)C1=O. The topological polar surface area (TPSA) is 60.9 Å². The van der Waals surface area contributed by atoms with E-state index in [1.54, 1.807) is 9.80 Å². The summed E-state index contributed by atoms with van der Waals surface area (Å²) in [6.45, 7) is 6.96. The average molecular weight is 279 g/mol. The first-order valence-electron chi connectivity index (χ1n) is 7.33. The Labute approximate surface area is 118 Å². The number of carbonyl (C=O) groups excluding carboxylic acids is 3. The molecule has 0 N–H and O–H groups in total. The number of hydrogen-bond acceptors (Lipinski definition) is 3. The van der Waals surface area contributed by atoms with Crippen LogP contribution in [0.5, 0.6) is 0 Å². The van der Waals surface area contributed by atoms with Gasteiger partial charge in [-0.15, -0.1) is 0 Å². The second kappa shape index (κ2) is 4.20. The van der Waals surface area contributed by atoms with E-state index in [1.165, 1.54) is 4.90 Å². The van der Waals surface area contributed by atoms with Crippen LogP contribution in [0.4, 0.5) is 4.79 Å². The quantitative estimate of drug-likeness (QED) is 0.703. The lowest BCUT2D eigenvalue weighted by molar-refractivity contribution is -0.140. The van der Waals surface area contributed by atoms with Gasteiger partial charge < -0.3 is 9.80 Å². The minimum Gasteiger partial charge on any atom is -0.338 e. The monoisotopic (exact) mass is 279 g/mol. The second-order valence-electron chi connectivity index (χ2n) is 6.42. The highest BCUT2D eigenvalue weighted by Crippen LogP contribution is 2.39. The Hall–Kier alpha value is -1.59. The summed E-state index contributed by atoms with van der Waals surface area (Å²) < 4.78 is 0. The van der Waals surface area contributed by atoms with Gasteiger partial charge in [-0.05, 0) is 40.0 Å². The van der Waals surface area contributed by atoms with Crippen LogP contribution in [0.1, 0.15) is 40.0 Å². The lowest BCUT2D eigenvalue weighted by Crippen LogP contribution is -2.48. The second-order valence-corrected chi connectivity index (χ2v) is 6.42. The Morgan fingerprint density at radius 3 is 2.45 bits per heavy atom. The number of imide groups is 1. The van der Waals surface area contributed by atoms with Crippen molar-refractivity contribution in [2.45, 2.75) is 57.7 Å². The van der Waals surface area contributed by atoms with Gasteiger partial charge in [0.15, 0.2) is 0 Å². The molecule has 0 radical (unpaired) electrons. The fraction of sp³-hybridized carbons (Fsp3) is 0.786. The Morgan fingerprint density at radius 1 is 1.20 bits per heavy atom. The highest BCUT2D eigenvalue weighted by molar-refractivity contribution is 6.10. The molecule has 3 fully saturated rings. The third kappa shape index (κ3) is 1.53. The van der Waals surface area contributed by atoms with E-state index in [9.17, 15) is 14.4 Å². The number of nitrogens with zero attached hydrogens (tertiary/aromatic N) is 3. The molecule has 2 atom stereocenters. The Bertz CT molecular complexity index is 490. The van der Waals surface area contributed by atoms with E-state index < -0.39 is 11.6 Å². The van der Waals surface area contributed by atoms with Crippen molar-refractivity contribution < 1.29 is 14.4 Å². The Kier molecular flexibility index (Phi) is 2.81. The lowest BCUT2D eigenvalue weighted by Gasteiger charge is -2.24. The van der Waals surface area contributed by atoms with Gasteiger partial charge in [0.1, 0.15) is 11.6 Å². The normalized spacial score (nSPS) is 33.9. The molecule has 3 rings (SSSR count). The standard InChI is InChI=1S/C14H21N3O3/c1-9(2)15-8-5-10(11(15)18)17-12(19)14(3)6-4-7-16(14)13(17)20/h9-10H,4-8H2,1-3H3/t10-,14-/m0/s1. The molecule has 3 aliphatic rings. The van der Waals surface area contributed by atoms with E-state index in [1.807, 2.05) is 20.8 Å². The van der Waals surface area contributed by atoms with Gasteiger partial charge >= 0.3 is 6.03 Å². The summed E-state index contributed by atoms with van der Waals surface area (Å²) in [5, 5.41) is 0. The number of fused-ring (bicyclic) bond motifs is 1. The van der Waals surface area contributed by atoms with Gasteiger partial charge in [-0.2, -0.15) is 0 Å². The van der Waals surface area contributed by atoms with E-state index in [2.05, 4.69) is 0 Å². The summed E-state index contributed by atoms with van der Waals surface area (Å²) in [6, 6.07) is -0.769. The maximum Gasteiger partial charge on any atom is 0.328 e. The molecule has 0 aromatic carbocycles. The van der Waals surface area contributed by atoms with Gasteiger partial charge in [-0.1, -0.05) is 0 Å². The van der Waals surface area contributed by atoms with Crippen LogP contribution in [0, 0.1) is 0 Å². The molecule has 110 valence electrons. The first kappa shape index (κ1) is 13.4. The minimum atomic E-state index is -0.720. The maximum atomic E-state index is 12.6. The number of hydrogen-bond donors (Lipinski definition) is 0. The van der Waals surface area contributed by atoms with Gasteiger partial charge in [-0.25, -0.2) is 9.69 Å². The zero-order valence-electron chi connectivity index (χ0n) is 12.3. The first-order chi connectivity index (χ1) is 9.38. The molecule has 0 saturated carbocycles. The van der Waals surface area contributed by atoms with Gasteiger partial charge in [0.2, 0.25) is 5.91 Å². The van der Waals surface area contributed by atoms with Crippen molar-refractivity contribution in [3.8, 4) is 0 Å². The van der Waals surface area contributed by atoms with Crippen molar-refractivity contribution in [1.29, 1.82) is 0 Å². The molecule has 3 heterocycles. The highest BCUT2D eigenvalue weighted by atomic mass is 16.2. The van der Waals surface area contributed by atoms with Gasteiger partial charge in [0, 0.05) is 19.1 Å². The smallest absolute Gasteiger partial charge is 0.328 e. The number of urea groups is 1. The van der Waals surface area contributed by atoms with Crippen LogP contribution in [0.15, 0.2) is 0 Å². The van der Waals surface area contributed by atoms with Crippen LogP contribution in [-0.2, 0) is 9.59 Å². The van der Waals surface area contributed by atoms with E-state index in [-0.39, 0.29) is 23.9 Å². The predicted molar refractivity (Wildman–Crippen MR) is 71.8 cm³/mol. The number of likely N-dealkylation sites (tertiary alicyclic amines) is 1. The summed E-state index contributed by atoms with van der Waals surface area (Å²) in [7, 11) is 0. The van der Waals surface area contributed by atoms with Crippen molar-refractivity contribution in [2.24, 2.45) is 0 Å². The van der Waals surface area contributed by atoms with Crippen molar-refractivity contribution in [1.82, 2.24) is 14.7 Å². The van der Waals surface area contributed by atoms with Crippen molar-refractivity contribution in [2.75, 3.05) is 13.1 Å². The molecular weight excluding hydrogens is 258 g/mol. The molecule has 4 amide bonds. The molecule has 0 unspecified atom stereocenters. The molecule has 0 aromatic heterocycles. The lowest BCUT2D eigenvalue weighted by atomic mass is 9.99. The third-order valence-corrected chi connectivity index (χ3v) is 4.90. The molecule has 0 aromatic rings. The summed E-state index contributed by atoms with van der Waals surface area (Å²) >= 11 is 0. The zero-order chi connectivity index (χ0) is 14.7. The van der Waals surface area contributed by atoms with Crippen LogP contribution in [0.2, 0.25) is 0 Å². The average Bonchev–Trinajstić information content (AvgIpc) is 2.98. The molecule has 3 saturated heterocycles. The van der Waals surface area contributed by atoms with Gasteiger partial charge in [-0.3, -0.25) is 9.59 Å². The third-order valence-electron chi connectivity index (χ3n) is 4.90. The summed E-state index contributed by atoms with van der Waals surface area (Å²) in [5.74, 6) is -0.282. The summed E-state index contributed by atoms with van der Waals surface area (Å²) in [6.07, 6.45) is 2.11. The van der Waals surface area contributed by atoms with Crippen molar-refractivity contribution in [3.63, 3.8) is 0 Å². The van der Waals surface area contributed by atoms with Crippen molar-refractivity contribution in [3.05, 3.63) is 0 Å². The molecule has 6 heteroatoms. The van der Waals surface area contributed by atoms with E-state index in [0.29, 0.717) is 25.9 Å². The Morgan fingerprint density at radius 2 is 1.90 bits per heavy atom. The van der Waals surface area contributed by atoms with E-state index >= 15 is 0 Å². The fourth-order valence-electron chi connectivity index (χ4n) is 3.68. The fourth-order valence-corrected chi connectivity index (χ4v) is 3.68. The van der Waals surface area contributed by atoms with Gasteiger partial charge in [0.25, 0.3) is 5.91 Å². The van der Waals surface area contributed by atoms with E-state index in [4.69, 9.17) is 0 Å². The largest absolute Gasteiger partial charge is 0.338 e. The summed E-state index contributed by atoms with van der Waals surface area (Å²) in [5.41, 5.74) is -0.720. The Balaban J connectivity index is 1.87. The molecule has 0 bridgehead atoms. The molecule has 3 aliphatic heterocycles. The predicted octanol–water partition coefficient (Wildman–Crippen LogP) is 0.812. The maximum absolute atomic E-state index is 12.6. The molecule has 6 nitrogen and oxygen atoms in total. The number of carbonyl (C=O) groups is 3. The van der Waals surface area contributed by atoms with Crippen LogP contribution in [0.3, 0.4) is 0 Å². The highest BCUT2D eigenvalue weighted by Gasteiger charge is 2.59. The molecule has 0 aliphatic carbocycles.